The van der Waals surface area contributed by atoms with E-state index in [1.165, 1.54) is 36.4 Å². The summed E-state index contributed by atoms with van der Waals surface area (Å²) in [7, 11) is 0. The molecule has 1 saturated heterocycles. The number of nitrogens with zero attached hydrogens (tertiary/aromatic N) is 1. The number of pyridine rings is 1. The van der Waals surface area contributed by atoms with Gasteiger partial charge in [0.05, 0.1) is 23.0 Å². The fourth-order valence-corrected chi connectivity index (χ4v) is 6.48. The Hall–Kier alpha value is -7.38. The molecule has 0 radical (unpaired) electrons. The number of aromatic nitrogens is 1. The van der Waals surface area contributed by atoms with Crippen LogP contribution in [-0.2, 0) is 25.7 Å². The third-order valence-electron chi connectivity index (χ3n) is 9.68. The van der Waals surface area contributed by atoms with Gasteiger partial charge < -0.3 is 50.4 Å². The fraction of sp³-hybridized carbons (Fsp3) is 0.295. The van der Waals surface area contributed by atoms with E-state index in [-0.39, 0.29) is 42.6 Å². The summed E-state index contributed by atoms with van der Waals surface area (Å²) in [5.74, 6) is -6.76. The number of para-hydroxylation sites is 1. The number of carboxylic acids is 2. The van der Waals surface area contributed by atoms with E-state index in [2.05, 4.69) is 25.7 Å². The summed E-state index contributed by atoms with van der Waals surface area (Å²) >= 11 is 0. The summed E-state index contributed by atoms with van der Waals surface area (Å²) in [4.78, 5) is 59.6. The average molecular weight is 988 g/mol. The van der Waals surface area contributed by atoms with E-state index in [1.807, 2.05) is 59.5 Å². The molecule has 1 aliphatic rings. The van der Waals surface area contributed by atoms with Crippen LogP contribution in [0.5, 0.6) is 11.5 Å². The Bertz CT molecular complexity index is 2580. The number of aliphatic hydroxyl groups is 1. The number of halogens is 9. The zero-order valence-electron chi connectivity index (χ0n) is 35.5. The van der Waals surface area contributed by atoms with E-state index < -0.39 is 60.1 Å². The highest BCUT2D eigenvalue weighted by molar-refractivity contribution is 5.93. The summed E-state index contributed by atoms with van der Waals surface area (Å²) in [6.45, 7) is 1.52. The first kappa shape index (κ1) is 54.2. The van der Waals surface area contributed by atoms with Crippen LogP contribution < -0.4 is 26.2 Å². The highest BCUT2D eigenvalue weighted by atomic mass is 19.4. The Kier molecular flexibility index (Phi) is 18.9. The third kappa shape index (κ3) is 17.7. The molecule has 0 unspecified atom stereocenters. The highest BCUT2D eigenvalue weighted by Crippen LogP contribution is 2.33. The average Bonchev–Trinajstić information content (AvgIpc) is 3.27. The number of carboxylic acid groups (broad SMARTS) is 2. The molecule has 16 nitrogen and oxygen atoms in total. The molecular formula is C44H42F9N5O11. The van der Waals surface area contributed by atoms with E-state index in [1.54, 1.807) is 0 Å². The van der Waals surface area contributed by atoms with Crippen LogP contribution in [0.25, 0.3) is 22.0 Å². The Balaban J connectivity index is 0.000000645. The molecule has 372 valence electrons. The molecule has 0 bridgehead atoms. The number of aliphatic hydroxyl groups excluding tert-OH is 1. The van der Waals surface area contributed by atoms with Crippen LogP contribution in [-0.4, -0.2) is 105 Å². The molecule has 0 saturated carbocycles. The first-order valence-electron chi connectivity index (χ1n) is 20.2. The lowest BCUT2D eigenvalue weighted by molar-refractivity contribution is -0.274. The number of aromatic hydroxyl groups is 1. The number of alkyl halides is 9. The molecule has 1 aromatic heterocycles. The van der Waals surface area contributed by atoms with Crippen LogP contribution in [0.15, 0.2) is 102 Å². The molecule has 1 fully saturated rings. The number of aliphatic carboxylic acids is 2. The van der Waals surface area contributed by atoms with Crippen molar-refractivity contribution < 1.29 is 88.6 Å². The maximum atomic E-state index is 13.4. The van der Waals surface area contributed by atoms with Gasteiger partial charge in [-0.2, -0.15) is 26.3 Å². The lowest BCUT2D eigenvalue weighted by Gasteiger charge is -2.31. The quantitative estimate of drug-likeness (QED) is 0.0524. The number of hydrogen-bond acceptors (Lipinski definition) is 11. The van der Waals surface area contributed by atoms with Crippen molar-refractivity contribution in [2.24, 2.45) is 0 Å². The van der Waals surface area contributed by atoms with Gasteiger partial charge in [0.2, 0.25) is 11.5 Å². The SMILES string of the molecule is O=C(CCN1CCC(OC(=O)Nc2ccccc2-c2ccccc2)CC1)Nc1ccc(CNC[C@H](O)c2ccc(O)c3[nH]c(=O)ccc23)cc1OC(F)(F)F.O=C(O)C(F)(F)F.O=C(O)C(F)(F)F. The van der Waals surface area contributed by atoms with E-state index >= 15 is 0 Å². The van der Waals surface area contributed by atoms with Gasteiger partial charge in [-0.15, -0.1) is 13.2 Å². The number of rotatable bonds is 13. The van der Waals surface area contributed by atoms with E-state index in [9.17, 15) is 64.1 Å². The van der Waals surface area contributed by atoms with Crippen molar-refractivity contribution in [3.8, 4) is 22.6 Å². The van der Waals surface area contributed by atoms with Crippen molar-refractivity contribution in [2.45, 2.75) is 56.7 Å². The van der Waals surface area contributed by atoms with E-state index in [0.717, 1.165) is 17.2 Å². The molecule has 1 aliphatic heterocycles. The second kappa shape index (κ2) is 24.1. The van der Waals surface area contributed by atoms with Crippen molar-refractivity contribution in [1.82, 2.24) is 15.2 Å². The first-order valence-corrected chi connectivity index (χ1v) is 20.2. The minimum absolute atomic E-state index is 0.00714. The van der Waals surface area contributed by atoms with Crippen LogP contribution in [0.1, 0.15) is 36.5 Å². The van der Waals surface area contributed by atoms with Gasteiger partial charge in [0.1, 0.15) is 11.9 Å². The number of amides is 2. The number of benzene rings is 4. The van der Waals surface area contributed by atoms with Gasteiger partial charge >= 0.3 is 36.7 Å². The van der Waals surface area contributed by atoms with Crippen LogP contribution >= 0.6 is 0 Å². The van der Waals surface area contributed by atoms with Crippen molar-refractivity contribution in [2.75, 3.05) is 36.8 Å². The Morgan fingerprint density at radius 1 is 0.768 bits per heavy atom. The number of anilines is 2. The minimum atomic E-state index is -5.08. The number of hydrogen-bond donors (Lipinski definition) is 8. The van der Waals surface area contributed by atoms with Gasteiger partial charge in [0.15, 0.2) is 5.75 Å². The number of aromatic amines is 1. The summed E-state index contributed by atoms with van der Waals surface area (Å²) in [6.07, 6.45) is -16.0. The van der Waals surface area contributed by atoms with Gasteiger partial charge in [-0.1, -0.05) is 60.7 Å². The normalized spacial score (nSPS) is 13.7. The lowest BCUT2D eigenvalue weighted by atomic mass is 10.0. The number of H-pyrrole nitrogens is 1. The predicted molar refractivity (Wildman–Crippen MR) is 228 cm³/mol. The Morgan fingerprint density at radius 3 is 1.99 bits per heavy atom. The summed E-state index contributed by atoms with van der Waals surface area (Å²) in [6, 6.07) is 26.7. The molecule has 5 aromatic rings. The fourth-order valence-electron chi connectivity index (χ4n) is 6.48. The second-order valence-corrected chi connectivity index (χ2v) is 14.7. The van der Waals surface area contributed by atoms with Gasteiger partial charge in [0, 0.05) is 56.2 Å². The topological polar surface area (TPSA) is 240 Å². The monoisotopic (exact) mass is 987 g/mol. The largest absolute Gasteiger partial charge is 0.573 e. The van der Waals surface area contributed by atoms with E-state index in [4.69, 9.17) is 24.5 Å². The number of piperidine rings is 1. The smallest absolute Gasteiger partial charge is 0.506 e. The molecule has 6 rings (SSSR count). The first-order chi connectivity index (χ1) is 32.3. The van der Waals surface area contributed by atoms with Crippen LogP contribution in [0.2, 0.25) is 0 Å². The summed E-state index contributed by atoms with van der Waals surface area (Å²) in [5, 5.41) is 43.9. The zero-order chi connectivity index (χ0) is 51.1. The maximum Gasteiger partial charge on any atom is 0.573 e. The zero-order valence-corrected chi connectivity index (χ0v) is 35.5. The van der Waals surface area contributed by atoms with Crippen LogP contribution in [0, 0.1) is 0 Å². The van der Waals surface area contributed by atoms with Crippen LogP contribution in [0.4, 0.5) is 55.7 Å². The van der Waals surface area contributed by atoms with Gasteiger partial charge in [-0.05, 0) is 59.9 Å². The molecule has 0 spiro atoms. The molecule has 25 heteroatoms. The standard InChI is InChI=1S/C40H40F3N5O7.2C2HF3O2/c41-40(42,43)55-35-22-25(23-44-24-34(50)29-11-14-33(49)38-30(29)12-15-36(51)47-38)10-13-32(35)45-37(52)18-21-48-19-16-27(17-20-48)54-39(53)46-31-9-5-4-8-28(31)26-6-2-1-3-7-26;2*3-2(4,5)1(6)7/h1-15,22,27,34,44,49-50H,16-21,23-24H2,(H,45,52)(H,46,53)(H,47,51);2*(H,6,7)/t34-;;/m0../s1. The second-order valence-electron chi connectivity index (χ2n) is 14.7. The third-order valence-corrected chi connectivity index (χ3v) is 9.68. The molecule has 0 aliphatic carbocycles. The van der Waals surface area contributed by atoms with Crippen molar-refractivity contribution in [1.29, 1.82) is 0 Å². The van der Waals surface area contributed by atoms with E-state index in [0.29, 0.717) is 54.7 Å². The lowest BCUT2D eigenvalue weighted by Crippen LogP contribution is -2.39. The molecule has 4 aromatic carbocycles. The number of phenolic OH excluding ortho intramolecular Hbond substituents is 1. The molecule has 2 amide bonds. The maximum absolute atomic E-state index is 13.4. The summed E-state index contributed by atoms with van der Waals surface area (Å²) in [5.41, 5.74) is 2.89. The summed E-state index contributed by atoms with van der Waals surface area (Å²) < 4.78 is 113. The molecular weight excluding hydrogens is 945 g/mol. The van der Waals surface area contributed by atoms with Crippen molar-refractivity contribution in [3.05, 3.63) is 119 Å². The molecule has 69 heavy (non-hydrogen) atoms. The number of carbonyl (C=O) groups excluding carboxylic acids is 2. The number of carbonyl (C=O) groups is 4. The number of fused-ring (bicyclic) bond motifs is 1. The number of phenols is 1. The van der Waals surface area contributed by atoms with Crippen LogP contribution in [0.3, 0.4) is 0 Å². The van der Waals surface area contributed by atoms with Crippen molar-refractivity contribution >= 4 is 46.2 Å². The molecule has 1 atom stereocenters. The minimum Gasteiger partial charge on any atom is -0.506 e. The number of likely N-dealkylation sites (tertiary alicyclic amines) is 1. The molecule has 8 N–H and O–H groups in total. The number of nitrogens with one attached hydrogen (secondary N) is 4. The van der Waals surface area contributed by atoms with Gasteiger partial charge in [-0.3, -0.25) is 14.9 Å². The molecule has 2 heterocycles. The number of ether oxygens (including phenoxy) is 2. The predicted octanol–water partition coefficient (Wildman–Crippen LogP) is 7.93. The Morgan fingerprint density at radius 2 is 1.38 bits per heavy atom. The van der Waals surface area contributed by atoms with Gasteiger partial charge in [-0.25, -0.2) is 14.4 Å². The van der Waals surface area contributed by atoms with Crippen molar-refractivity contribution in [3.63, 3.8) is 0 Å². The Labute approximate surface area is 384 Å². The highest BCUT2D eigenvalue weighted by Gasteiger charge is 2.39. The van der Waals surface area contributed by atoms with Gasteiger partial charge in [0.25, 0.3) is 0 Å².